The van der Waals surface area contributed by atoms with Crippen molar-refractivity contribution >= 4 is 12.3 Å². The van der Waals surface area contributed by atoms with Gasteiger partial charge in [-0.2, -0.15) is 5.10 Å². The molecule has 15 heavy (non-hydrogen) atoms. The summed E-state index contributed by atoms with van der Waals surface area (Å²) >= 11 is 0. The third kappa shape index (κ3) is 3.93. The Morgan fingerprint density at radius 1 is 1.60 bits per heavy atom. The highest BCUT2D eigenvalue weighted by Crippen LogP contribution is 2.01. The Balaban J connectivity index is 2.20. The number of ether oxygens (including phenoxy) is 1. The summed E-state index contributed by atoms with van der Waals surface area (Å²) < 4.78 is 6.21. The second kappa shape index (κ2) is 5.95. The Bertz CT molecular complexity index is 333. The molecule has 0 radical (unpaired) electrons. The molecule has 0 aliphatic heterocycles. The van der Waals surface area contributed by atoms with Crippen molar-refractivity contribution in [2.75, 3.05) is 7.11 Å². The van der Waals surface area contributed by atoms with Crippen LogP contribution in [-0.4, -0.2) is 29.1 Å². The van der Waals surface area contributed by atoms with E-state index in [0.717, 1.165) is 19.1 Å². The first-order chi connectivity index (χ1) is 7.26. The molecule has 0 saturated heterocycles. The zero-order chi connectivity index (χ0) is 11.1. The summed E-state index contributed by atoms with van der Waals surface area (Å²) in [5, 5.41) is 3.99. The van der Waals surface area contributed by atoms with Gasteiger partial charge in [-0.3, -0.25) is 14.3 Å². The van der Waals surface area contributed by atoms with Crippen molar-refractivity contribution in [1.29, 1.82) is 0 Å². The molecule has 0 atom stereocenters. The maximum Gasteiger partial charge on any atom is 0.305 e. The molecule has 1 aromatic rings. The van der Waals surface area contributed by atoms with Crippen LogP contribution in [0.15, 0.2) is 12.4 Å². The minimum atomic E-state index is -0.191. The van der Waals surface area contributed by atoms with Crippen LogP contribution in [0.3, 0.4) is 0 Å². The molecular weight excluding hydrogens is 196 g/mol. The summed E-state index contributed by atoms with van der Waals surface area (Å²) in [6.07, 6.45) is 6.01. The van der Waals surface area contributed by atoms with Crippen molar-refractivity contribution < 1.29 is 14.3 Å². The van der Waals surface area contributed by atoms with Gasteiger partial charge in [0.15, 0.2) is 6.29 Å². The summed E-state index contributed by atoms with van der Waals surface area (Å²) in [5.41, 5.74) is 0.572. The van der Waals surface area contributed by atoms with E-state index in [9.17, 15) is 9.59 Å². The first-order valence-electron chi connectivity index (χ1n) is 4.80. The van der Waals surface area contributed by atoms with Crippen LogP contribution in [0.2, 0.25) is 0 Å². The molecule has 0 N–H and O–H groups in total. The van der Waals surface area contributed by atoms with Crippen LogP contribution in [0, 0.1) is 0 Å². The van der Waals surface area contributed by atoms with Gasteiger partial charge >= 0.3 is 5.97 Å². The fraction of sp³-hybridized carbons (Fsp3) is 0.500. The number of hydrogen-bond acceptors (Lipinski definition) is 4. The second-order valence-electron chi connectivity index (χ2n) is 3.19. The van der Waals surface area contributed by atoms with Gasteiger partial charge in [0.05, 0.1) is 18.9 Å². The lowest BCUT2D eigenvalue weighted by atomic mass is 10.2. The van der Waals surface area contributed by atoms with Gasteiger partial charge in [0.2, 0.25) is 0 Å². The molecule has 0 bridgehead atoms. The number of aldehydes is 1. The quantitative estimate of drug-likeness (QED) is 0.400. The van der Waals surface area contributed by atoms with Gasteiger partial charge in [-0.15, -0.1) is 0 Å². The number of aryl methyl sites for hydroxylation is 1. The number of aromatic nitrogens is 2. The maximum atomic E-state index is 10.8. The Hall–Kier alpha value is -1.65. The van der Waals surface area contributed by atoms with Gasteiger partial charge in [0.25, 0.3) is 0 Å². The highest BCUT2D eigenvalue weighted by Gasteiger charge is 2.00. The number of nitrogens with zero attached hydrogens (tertiary/aromatic N) is 2. The molecule has 5 heteroatoms. The number of rotatable bonds is 6. The van der Waals surface area contributed by atoms with E-state index in [4.69, 9.17) is 0 Å². The number of carbonyl (C=O) groups excluding carboxylic acids is 2. The van der Waals surface area contributed by atoms with Crippen molar-refractivity contribution in [2.24, 2.45) is 0 Å². The average Bonchev–Trinajstić information content (AvgIpc) is 2.72. The van der Waals surface area contributed by atoms with Gasteiger partial charge in [-0.25, -0.2) is 0 Å². The molecule has 0 amide bonds. The van der Waals surface area contributed by atoms with E-state index in [1.165, 1.54) is 13.3 Å². The predicted octanol–water partition coefficient (Wildman–Crippen LogP) is 1.04. The molecule has 0 aliphatic carbocycles. The van der Waals surface area contributed by atoms with Gasteiger partial charge in [0.1, 0.15) is 0 Å². The number of methoxy groups -OCH3 is 1. The lowest BCUT2D eigenvalue weighted by Crippen LogP contribution is -2.02. The van der Waals surface area contributed by atoms with Crippen LogP contribution in [0.5, 0.6) is 0 Å². The van der Waals surface area contributed by atoms with Gasteiger partial charge < -0.3 is 4.74 Å². The Morgan fingerprint density at radius 2 is 2.40 bits per heavy atom. The summed E-state index contributed by atoms with van der Waals surface area (Å²) in [5.74, 6) is -0.191. The van der Waals surface area contributed by atoms with Crippen LogP contribution in [0.1, 0.15) is 29.6 Å². The van der Waals surface area contributed by atoms with Crippen LogP contribution in [-0.2, 0) is 16.1 Å². The average molecular weight is 210 g/mol. The second-order valence-corrected chi connectivity index (χ2v) is 3.19. The zero-order valence-corrected chi connectivity index (χ0v) is 8.68. The Kier molecular flexibility index (Phi) is 4.53. The third-order valence-electron chi connectivity index (χ3n) is 2.04. The van der Waals surface area contributed by atoms with Crippen LogP contribution in [0.25, 0.3) is 0 Å². The summed E-state index contributed by atoms with van der Waals surface area (Å²) in [7, 11) is 1.38. The van der Waals surface area contributed by atoms with Gasteiger partial charge in [-0.1, -0.05) is 0 Å². The predicted molar refractivity (Wildman–Crippen MR) is 53.5 cm³/mol. The maximum absolute atomic E-state index is 10.8. The number of hydrogen-bond donors (Lipinski definition) is 0. The van der Waals surface area contributed by atoms with Crippen LogP contribution < -0.4 is 0 Å². The topological polar surface area (TPSA) is 61.2 Å². The van der Waals surface area contributed by atoms with Gasteiger partial charge in [-0.05, 0) is 12.8 Å². The zero-order valence-electron chi connectivity index (χ0n) is 8.68. The first-order valence-corrected chi connectivity index (χ1v) is 4.80. The number of carbonyl (C=O) groups is 2. The molecule has 0 fully saturated rings. The summed E-state index contributed by atoms with van der Waals surface area (Å²) in [6, 6.07) is 0. The normalized spacial score (nSPS) is 9.93. The summed E-state index contributed by atoms with van der Waals surface area (Å²) in [6.45, 7) is 0.713. The molecule has 5 nitrogen and oxygen atoms in total. The largest absolute Gasteiger partial charge is 0.469 e. The Labute approximate surface area is 88.0 Å². The SMILES string of the molecule is COC(=O)CCCCn1cc(C=O)cn1. The molecule has 82 valence electrons. The minimum Gasteiger partial charge on any atom is -0.469 e. The van der Waals surface area contributed by atoms with E-state index in [0.29, 0.717) is 18.5 Å². The van der Waals surface area contributed by atoms with E-state index in [1.807, 2.05) is 0 Å². The monoisotopic (exact) mass is 210 g/mol. The van der Waals surface area contributed by atoms with E-state index in [2.05, 4.69) is 9.84 Å². The third-order valence-corrected chi connectivity index (χ3v) is 2.04. The molecule has 0 spiro atoms. The molecule has 1 rings (SSSR count). The van der Waals surface area contributed by atoms with E-state index in [1.54, 1.807) is 10.9 Å². The minimum absolute atomic E-state index is 0.191. The van der Waals surface area contributed by atoms with Crippen molar-refractivity contribution in [3.8, 4) is 0 Å². The molecule has 0 saturated carbocycles. The standard InChI is InChI=1S/C10H14N2O3/c1-15-10(14)4-2-3-5-12-7-9(8-13)6-11-12/h6-8H,2-5H2,1H3. The summed E-state index contributed by atoms with van der Waals surface area (Å²) in [4.78, 5) is 21.1. The number of esters is 1. The lowest BCUT2D eigenvalue weighted by Gasteiger charge is -2.00. The van der Waals surface area contributed by atoms with E-state index in [-0.39, 0.29) is 5.97 Å². The van der Waals surface area contributed by atoms with Gasteiger partial charge in [0, 0.05) is 19.2 Å². The van der Waals surface area contributed by atoms with Crippen molar-refractivity contribution in [3.63, 3.8) is 0 Å². The fourth-order valence-electron chi connectivity index (χ4n) is 1.21. The van der Waals surface area contributed by atoms with Crippen molar-refractivity contribution in [1.82, 2.24) is 9.78 Å². The first kappa shape index (κ1) is 11.4. The number of unbranched alkanes of at least 4 members (excludes halogenated alkanes) is 1. The van der Waals surface area contributed by atoms with Crippen molar-refractivity contribution in [3.05, 3.63) is 18.0 Å². The molecular formula is C10H14N2O3. The highest BCUT2D eigenvalue weighted by molar-refractivity contribution is 5.73. The smallest absolute Gasteiger partial charge is 0.305 e. The van der Waals surface area contributed by atoms with Crippen LogP contribution >= 0.6 is 0 Å². The van der Waals surface area contributed by atoms with Crippen molar-refractivity contribution in [2.45, 2.75) is 25.8 Å². The fourth-order valence-corrected chi connectivity index (χ4v) is 1.21. The molecule has 1 aromatic heterocycles. The molecule has 0 aliphatic rings. The lowest BCUT2D eigenvalue weighted by molar-refractivity contribution is -0.140. The van der Waals surface area contributed by atoms with Crippen LogP contribution in [0.4, 0.5) is 0 Å². The Morgan fingerprint density at radius 3 is 3.00 bits per heavy atom. The molecule has 0 aromatic carbocycles. The highest BCUT2D eigenvalue weighted by atomic mass is 16.5. The van der Waals surface area contributed by atoms with E-state index >= 15 is 0 Å². The molecule has 1 heterocycles. The molecule has 0 unspecified atom stereocenters. The van der Waals surface area contributed by atoms with E-state index < -0.39 is 0 Å².